The molecule has 2 unspecified atom stereocenters. The molecule has 0 bridgehead atoms. The molecule has 12 rings (SSSR count). The lowest BCUT2D eigenvalue weighted by Gasteiger charge is -2.42. The first-order valence-electron chi connectivity index (χ1n) is 23.0. The molecule has 348 valence electrons. The number of halogens is 2. The number of aromatic amines is 4. The minimum atomic E-state index is -0.659. The third-order valence-electron chi connectivity index (χ3n) is 13.9. The highest BCUT2D eigenvalue weighted by molar-refractivity contribution is 5.95. The number of rotatable bonds is 8. The topological polar surface area (TPSA) is 204 Å². The molecular weight excluding hydrogens is 875 g/mol. The predicted molar refractivity (Wildman–Crippen MR) is 247 cm³/mol. The Morgan fingerprint density at radius 1 is 0.662 bits per heavy atom. The van der Waals surface area contributed by atoms with E-state index in [1.54, 1.807) is 0 Å². The SMILES string of the molecule is CCc1cc(O)c(F)cc1-c1ccc2c(-c3nc4c([nH]3)CN(C3CN(C(=O)N5CCOC(N6Cc7nc(-c8n[nH]c9cc(-c%10cc(F)c(O)cc%10CC)ccc89)[nH]c7C6)C5)CCO3)C4)n[nH]c2c1. The number of morpholine rings is 2. The Kier molecular flexibility index (Phi) is 10.3. The lowest BCUT2D eigenvalue weighted by Crippen LogP contribution is -2.58. The maximum atomic E-state index is 14.4. The fourth-order valence-corrected chi connectivity index (χ4v) is 10.3. The first kappa shape index (κ1) is 42.2. The van der Waals surface area contributed by atoms with Crippen molar-refractivity contribution in [3.05, 3.63) is 106 Å². The van der Waals surface area contributed by atoms with Gasteiger partial charge < -0.3 is 39.5 Å². The van der Waals surface area contributed by atoms with Crippen LogP contribution in [0.25, 0.3) is 67.1 Å². The Labute approximate surface area is 387 Å². The van der Waals surface area contributed by atoms with Crippen LogP contribution in [0.3, 0.4) is 0 Å². The van der Waals surface area contributed by atoms with Gasteiger partial charge in [-0.3, -0.25) is 20.0 Å². The number of H-pyrrole nitrogens is 4. The van der Waals surface area contributed by atoms with Crippen molar-refractivity contribution >= 4 is 27.8 Å². The summed E-state index contributed by atoms with van der Waals surface area (Å²) in [7, 11) is 0. The number of phenolic OH excluding ortho intramolecular Hbond substituents is 2. The molecule has 0 spiro atoms. The van der Waals surface area contributed by atoms with Crippen LogP contribution in [0, 0.1) is 11.6 Å². The molecule has 2 atom stereocenters. The molecule has 4 aliphatic rings. The van der Waals surface area contributed by atoms with Crippen LogP contribution in [0.5, 0.6) is 11.5 Å². The summed E-state index contributed by atoms with van der Waals surface area (Å²) in [5.74, 6) is -0.719. The van der Waals surface area contributed by atoms with Crippen molar-refractivity contribution in [1.82, 2.24) is 59.9 Å². The number of nitrogens with zero attached hydrogens (tertiary/aromatic N) is 8. The number of aromatic nitrogens is 8. The van der Waals surface area contributed by atoms with E-state index < -0.39 is 11.6 Å². The quantitative estimate of drug-likeness (QED) is 0.0905. The number of hydrogen-bond donors (Lipinski definition) is 6. The standard InChI is InChI=1S/C49H48F2N12O5/c1-3-25-15-41(64)33(50)17-31(25)27-5-7-29-35(13-27)56-58-45(29)47-52-37-19-62(20-38(37)53-47)43-23-60(9-11-67-43)49(66)61-10-12-68-44(24-61)63-21-39-40(22-63)55-48(54-39)46-30-8-6-28(14-36(30)57-59-46)32-18-34(51)42(65)16-26(32)4-2/h5-8,13-18,43-44,64-65H,3-4,9-12,19-24H2,1-2H3,(H,52,53)(H,54,55)(H,56,58)(H,57,59). The van der Waals surface area contributed by atoms with Crippen molar-refractivity contribution in [2.75, 3.05) is 39.4 Å². The van der Waals surface area contributed by atoms with Gasteiger partial charge in [-0.25, -0.2) is 23.5 Å². The molecule has 2 saturated heterocycles. The molecule has 6 N–H and O–H groups in total. The van der Waals surface area contributed by atoms with E-state index in [1.165, 1.54) is 24.3 Å². The summed E-state index contributed by atoms with van der Waals surface area (Å²) in [5.41, 5.74) is 11.5. The van der Waals surface area contributed by atoms with E-state index in [4.69, 9.17) is 19.4 Å². The highest BCUT2D eigenvalue weighted by atomic mass is 19.1. The van der Waals surface area contributed by atoms with E-state index in [0.29, 0.717) is 101 Å². The number of carbonyl (C=O) groups is 1. The number of fused-ring (bicyclic) bond motifs is 4. The Hall–Kier alpha value is -7.19. The number of urea groups is 1. The number of nitrogens with one attached hydrogen (secondary N) is 4. The average Bonchev–Trinajstić information content (AvgIpc) is 4.22. The van der Waals surface area contributed by atoms with Crippen LogP contribution in [0.15, 0.2) is 60.7 Å². The number of aryl methyl sites for hydroxylation is 2. The number of benzene rings is 4. The third-order valence-corrected chi connectivity index (χ3v) is 13.9. The monoisotopic (exact) mass is 922 g/mol. The van der Waals surface area contributed by atoms with Crippen molar-refractivity contribution in [2.45, 2.75) is 65.3 Å². The molecule has 8 aromatic rings. The van der Waals surface area contributed by atoms with Crippen LogP contribution in [0.4, 0.5) is 13.6 Å². The van der Waals surface area contributed by atoms with Crippen LogP contribution in [0.2, 0.25) is 0 Å². The second-order valence-electron chi connectivity index (χ2n) is 18.0. The molecular formula is C49H48F2N12O5. The number of carbonyl (C=O) groups excluding carboxylic acids is 1. The van der Waals surface area contributed by atoms with Gasteiger partial charge in [-0.15, -0.1) is 0 Å². The second kappa shape index (κ2) is 16.5. The van der Waals surface area contributed by atoms with Crippen molar-refractivity contribution < 1.29 is 33.3 Å². The summed E-state index contributed by atoms with van der Waals surface area (Å²) >= 11 is 0. The van der Waals surface area contributed by atoms with Crippen LogP contribution >= 0.6 is 0 Å². The lowest BCUT2D eigenvalue weighted by molar-refractivity contribution is -0.121. The van der Waals surface area contributed by atoms with Crippen LogP contribution in [-0.2, 0) is 48.5 Å². The second-order valence-corrected chi connectivity index (χ2v) is 18.0. The molecule has 68 heavy (non-hydrogen) atoms. The van der Waals surface area contributed by atoms with Gasteiger partial charge in [0.05, 0.1) is 60.1 Å². The van der Waals surface area contributed by atoms with E-state index in [2.05, 4.69) is 40.2 Å². The average molecular weight is 923 g/mol. The summed E-state index contributed by atoms with van der Waals surface area (Å²) in [4.78, 5) is 39.1. The van der Waals surface area contributed by atoms with E-state index >= 15 is 0 Å². The zero-order valence-electron chi connectivity index (χ0n) is 37.4. The molecule has 0 radical (unpaired) electrons. The Morgan fingerprint density at radius 3 is 1.54 bits per heavy atom. The summed E-state index contributed by atoms with van der Waals surface area (Å²) in [5, 5.41) is 37.0. The Balaban J connectivity index is 0.668. The van der Waals surface area contributed by atoms with Gasteiger partial charge in [0.15, 0.2) is 34.8 Å². The molecule has 8 heterocycles. The molecule has 17 nitrogen and oxygen atoms in total. The molecule has 2 amide bonds. The van der Waals surface area contributed by atoms with Crippen LogP contribution < -0.4 is 0 Å². The molecule has 4 aromatic heterocycles. The van der Waals surface area contributed by atoms with Crippen molar-refractivity contribution in [3.63, 3.8) is 0 Å². The summed E-state index contributed by atoms with van der Waals surface area (Å²) in [6.45, 7) is 8.90. The molecule has 19 heteroatoms. The number of ether oxygens (including phenoxy) is 2. The van der Waals surface area contributed by atoms with Gasteiger partial charge in [-0.05, 0) is 94.8 Å². The van der Waals surface area contributed by atoms with Gasteiger partial charge in [0.2, 0.25) is 0 Å². The lowest BCUT2D eigenvalue weighted by atomic mass is 9.96. The van der Waals surface area contributed by atoms with Crippen LogP contribution in [-0.4, -0.2) is 128 Å². The number of aromatic hydroxyl groups is 2. The highest BCUT2D eigenvalue weighted by Crippen LogP contribution is 2.37. The van der Waals surface area contributed by atoms with Crippen molar-refractivity contribution in [2.24, 2.45) is 0 Å². The van der Waals surface area contributed by atoms with Crippen molar-refractivity contribution in [1.29, 1.82) is 0 Å². The van der Waals surface area contributed by atoms with E-state index in [9.17, 15) is 23.8 Å². The number of hydrogen-bond acceptors (Lipinski definition) is 11. The maximum absolute atomic E-state index is 14.4. The van der Waals surface area contributed by atoms with Gasteiger partial charge in [0, 0.05) is 50.0 Å². The fraction of sp³-hybridized carbons (Fsp3) is 0.327. The van der Waals surface area contributed by atoms with E-state index in [-0.39, 0.29) is 30.0 Å². The number of amides is 2. The summed E-state index contributed by atoms with van der Waals surface area (Å²) in [6.07, 6.45) is 0.688. The molecule has 0 aliphatic carbocycles. The largest absolute Gasteiger partial charge is 0.505 e. The van der Waals surface area contributed by atoms with Gasteiger partial charge in [0.1, 0.15) is 23.8 Å². The minimum Gasteiger partial charge on any atom is -0.505 e. The first-order valence-corrected chi connectivity index (χ1v) is 23.0. The molecule has 4 aliphatic heterocycles. The van der Waals surface area contributed by atoms with Gasteiger partial charge in [-0.2, -0.15) is 10.2 Å². The van der Waals surface area contributed by atoms with Gasteiger partial charge in [0.25, 0.3) is 0 Å². The Bertz CT molecular complexity index is 3030. The molecule has 0 saturated carbocycles. The zero-order chi connectivity index (χ0) is 46.4. The molecule has 4 aromatic carbocycles. The molecule has 2 fully saturated rings. The van der Waals surface area contributed by atoms with Crippen LogP contribution in [0.1, 0.15) is 47.8 Å². The smallest absolute Gasteiger partial charge is 0.320 e. The third kappa shape index (κ3) is 7.24. The normalized spacial score (nSPS) is 18.9. The van der Waals surface area contributed by atoms with E-state index in [1.807, 2.05) is 60.0 Å². The van der Waals surface area contributed by atoms with E-state index in [0.717, 1.165) is 78.0 Å². The summed E-state index contributed by atoms with van der Waals surface area (Å²) in [6, 6.07) is 17.3. The van der Waals surface area contributed by atoms with Gasteiger partial charge in [-0.1, -0.05) is 26.0 Å². The number of phenols is 2. The maximum Gasteiger partial charge on any atom is 0.320 e. The first-order chi connectivity index (χ1) is 33.1. The summed E-state index contributed by atoms with van der Waals surface area (Å²) < 4.78 is 41.2. The highest BCUT2D eigenvalue weighted by Gasteiger charge is 2.39. The van der Waals surface area contributed by atoms with Crippen molar-refractivity contribution in [3.8, 4) is 56.8 Å². The predicted octanol–water partition coefficient (Wildman–Crippen LogP) is 7.14. The number of imidazole rings is 2. The Morgan fingerprint density at radius 2 is 1.12 bits per heavy atom. The zero-order valence-corrected chi connectivity index (χ0v) is 37.4. The van der Waals surface area contributed by atoms with Gasteiger partial charge >= 0.3 is 6.03 Å². The minimum absolute atomic E-state index is 0.0343. The fourth-order valence-electron chi connectivity index (χ4n) is 10.3.